The lowest BCUT2D eigenvalue weighted by Gasteiger charge is -2.46. The average Bonchev–Trinajstić information content (AvgIpc) is 0.905. The van der Waals surface area contributed by atoms with Gasteiger partial charge >= 0.3 is 11.9 Å². The third-order valence-electron chi connectivity index (χ3n) is 14.9. The number of ether oxygens (including phenoxy) is 4. The van der Waals surface area contributed by atoms with Gasteiger partial charge in [0.05, 0.1) is 62.2 Å². The monoisotopic (exact) mass is 1320 g/mol. The van der Waals surface area contributed by atoms with E-state index in [1.165, 1.54) is 84.6 Å². The van der Waals surface area contributed by atoms with Gasteiger partial charge in [0.15, 0.2) is 0 Å². The molecule has 14 N–H and O–H groups in total. The smallest absolute Gasteiger partial charge is 0.364 e. The summed E-state index contributed by atoms with van der Waals surface area (Å²) in [5.41, 5.74) is 2.48. The van der Waals surface area contributed by atoms with Crippen molar-refractivity contribution in [2.75, 3.05) is 62.4 Å². The number of aliphatic carboxylic acids is 2. The maximum absolute atomic E-state index is 12.9. The predicted molar refractivity (Wildman–Crippen MR) is 331 cm³/mol. The molecule has 0 spiro atoms. The minimum atomic E-state index is -2.50. The maximum atomic E-state index is 12.9. The molecule has 2 aromatic heterocycles. The number of hydrogen-bond acceptors (Lipinski definition) is 22. The number of carbonyl (C=O) groups excluding carboxylic acids is 6. The number of benzene rings is 3. The molecule has 92 heavy (non-hydrogen) atoms. The minimum absolute atomic E-state index is 0.189. The van der Waals surface area contributed by atoms with Crippen molar-refractivity contribution in [3.05, 3.63) is 132 Å². The molecule has 498 valence electrons. The Balaban J connectivity index is 0.771. The van der Waals surface area contributed by atoms with Gasteiger partial charge in [0.2, 0.25) is 11.8 Å². The summed E-state index contributed by atoms with van der Waals surface area (Å²) in [5, 5.41) is 103. The first-order chi connectivity index (χ1) is 44.0. The SMILES string of the molecule is CC(=O)N[C@H]1[C@H]([C@H](O)[C@H](O)CNC(=O)c2ccc(-c3ccco3)cc2)O[C@@](OCCCSCCNC(=O)c2ccc(C(=O)NCCSCCCO[C@]3(C(=O)O)C[C@H](O)[C@@H](NC(C)=O)[C@H]([C@H](O)[C@H](O)CNC(=O)c4ccc(-c5ccco5)cc4)O3)cc2)(C(=O)O)C[C@@H]1O. The first-order valence-electron chi connectivity index (χ1n) is 29.4. The topological polar surface area (TPSA) is 434 Å². The standard InChI is InChI=1S/C62H76N6O22S2/c1-35(69)67-49-43(71)31-61(59(81)82,89-53(49)51(75)45(73)33-65-57(79)41-13-9-37(10-14-41)47-7-3-23-85-47)87-25-5-27-91-29-21-63-55(77)39-17-19-40(20-18-39)56(78)64-22-30-92-28-6-26-88-62(60(83)84)32-44(72)50(68-36(2)70)54(90-62)52(76)46(74)34-66-58(80)42-15-11-38(12-16-42)48-8-4-24-86-48/h3-4,7-20,23-24,43-46,49-54,71-76H,5-6,21-22,25-34H2,1-2H3,(H,63,77)(H,64,78)(H,65,79)(H,66,80)(H,67,69)(H,68,70)(H,81,82)(H,83,84)/t43-,44-,45+,46+,49+,50+,51+,52+,53+,54+,61+,62+/m0/s1. The largest absolute Gasteiger partial charge is 0.477 e. The van der Waals surface area contributed by atoms with Crippen LogP contribution in [0.15, 0.2) is 118 Å². The number of rotatable bonds is 34. The van der Waals surface area contributed by atoms with Gasteiger partial charge in [0, 0.05) is 97.8 Å². The molecule has 4 heterocycles. The molecular formula is C62H76N6O22S2. The highest BCUT2D eigenvalue weighted by molar-refractivity contribution is 7.99. The van der Waals surface area contributed by atoms with Gasteiger partial charge in [-0.15, -0.1) is 0 Å². The summed E-state index contributed by atoms with van der Waals surface area (Å²) >= 11 is 2.83. The lowest BCUT2D eigenvalue weighted by atomic mass is 9.88. The second kappa shape index (κ2) is 34.3. The summed E-state index contributed by atoms with van der Waals surface area (Å²) in [7, 11) is 0. The van der Waals surface area contributed by atoms with Crippen molar-refractivity contribution in [2.45, 2.75) is 112 Å². The van der Waals surface area contributed by atoms with Crippen LogP contribution in [0.5, 0.6) is 0 Å². The minimum Gasteiger partial charge on any atom is -0.477 e. The second-order valence-corrected chi connectivity index (χ2v) is 24.1. The number of aliphatic hydroxyl groups excluding tert-OH is 6. The zero-order valence-corrected chi connectivity index (χ0v) is 51.8. The molecule has 0 bridgehead atoms. The van der Waals surface area contributed by atoms with Crippen LogP contribution in [0.3, 0.4) is 0 Å². The van der Waals surface area contributed by atoms with Crippen molar-refractivity contribution in [3.8, 4) is 22.6 Å². The zero-order chi connectivity index (χ0) is 66.5. The summed E-state index contributed by atoms with van der Waals surface area (Å²) < 4.78 is 33.8. The van der Waals surface area contributed by atoms with Crippen molar-refractivity contribution in [1.82, 2.24) is 31.9 Å². The van der Waals surface area contributed by atoms with Crippen LogP contribution in [0, 0.1) is 0 Å². The third-order valence-corrected chi connectivity index (χ3v) is 17.0. The van der Waals surface area contributed by atoms with Crippen LogP contribution in [-0.2, 0) is 38.1 Å². The molecule has 0 saturated carbocycles. The molecule has 3 aromatic carbocycles. The first-order valence-corrected chi connectivity index (χ1v) is 31.7. The molecule has 5 aromatic rings. The third kappa shape index (κ3) is 19.7. The fraction of sp³-hybridized carbons (Fsp3) is 0.452. The van der Waals surface area contributed by atoms with E-state index in [1.807, 2.05) is 0 Å². The number of carboxylic acid groups (broad SMARTS) is 2. The molecule has 30 heteroatoms. The molecule has 0 aliphatic carbocycles. The van der Waals surface area contributed by atoms with Crippen LogP contribution in [0.2, 0.25) is 0 Å². The van der Waals surface area contributed by atoms with Crippen molar-refractivity contribution in [2.24, 2.45) is 0 Å². The number of hydrogen-bond donors (Lipinski definition) is 14. The maximum Gasteiger partial charge on any atom is 0.364 e. The van der Waals surface area contributed by atoms with Crippen LogP contribution < -0.4 is 31.9 Å². The lowest BCUT2D eigenvalue weighted by molar-refractivity contribution is -0.310. The van der Waals surface area contributed by atoms with Gasteiger partial charge in [-0.1, -0.05) is 24.3 Å². The number of carboxylic acids is 2. The Morgan fingerprint density at radius 2 is 0.848 bits per heavy atom. The number of amides is 6. The predicted octanol–water partition coefficient (Wildman–Crippen LogP) is 1.12. The van der Waals surface area contributed by atoms with E-state index in [1.54, 1.807) is 48.5 Å². The molecule has 12 atom stereocenters. The van der Waals surface area contributed by atoms with E-state index in [-0.39, 0.29) is 50.3 Å². The van der Waals surface area contributed by atoms with E-state index in [0.29, 0.717) is 45.7 Å². The number of nitrogens with one attached hydrogen (secondary N) is 6. The van der Waals surface area contributed by atoms with Crippen molar-refractivity contribution < 1.29 is 107 Å². The van der Waals surface area contributed by atoms with E-state index in [2.05, 4.69) is 31.9 Å². The molecule has 6 amide bonds. The summed E-state index contributed by atoms with van der Waals surface area (Å²) in [4.78, 5) is 101. The van der Waals surface area contributed by atoms with Crippen molar-refractivity contribution in [1.29, 1.82) is 0 Å². The highest BCUT2D eigenvalue weighted by atomic mass is 32.2. The molecule has 2 aliphatic heterocycles. The highest BCUT2D eigenvalue weighted by Crippen LogP contribution is 2.36. The van der Waals surface area contributed by atoms with E-state index in [4.69, 9.17) is 27.8 Å². The fourth-order valence-corrected chi connectivity index (χ4v) is 11.6. The van der Waals surface area contributed by atoms with Gasteiger partial charge in [-0.2, -0.15) is 23.5 Å². The average molecular weight is 1320 g/mol. The Hall–Kier alpha value is -7.72. The molecule has 0 radical (unpaired) electrons. The summed E-state index contributed by atoms with van der Waals surface area (Å²) in [6.45, 7) is 1.36. The van der Waals surface area contributed by atoms with Crippen molar-refractivity contribution >= 4 is 70.9 Å². The molecule has 0 unspecified atom stereocenters. The van der Waals surface area contributed by atoms with Crippen LogP contribution in [0.25, 0.3) is 22.6 Å². The zero-order valence-electron chi connectivity index (χ0n) is 50.2. The summed E-state index contributed by atoms with van der Waals surface area (Å²) in [6.07, 6.45) is -11.8. The van der Waals surface area contributed by atoms with Gasteiger partial charge in [-0.25, -0.2) is 9.59 Å². The van der Waals surface area contributed by atoms with Crippen LogP contribution in [-0.4, -0.2) is 223 Å². The quantitative estimate of drug-likeness (QED) is 0.0257. The molecule has 2 fully saturated rings. The van der Waals surface area contributed by atoms with E-state index >= 15 is 0 Å². The van der Waals surface area contributed by atoms with Gasteiger partial charge in [-0.3, -0.25) is 28.8 Å². The van der Waals surface area contributed by atoms with Crippen LogP contribution in [0.4, 0.5) is 0 Å². The highest BCUT2D eigenvalue weighted by Gasteiger charge is 2.57. The molecule has 2 saturated heterocycles. The molecular weight excluding hydrogens is 1240 g/mol. The van der Waals surface area contributed by atoms with Gasteiger partial charge in [0.1, 0.15) is 35.9 Å². The Bertz CT molecular complexity index is 3020. The number of carbonyl (C=O) groups is 8. The number of furan rings is 2. The van der Waals surface area contributed by atoms with Crippen LogP contribution >= 0.6 is 23.5 Å². The Morgan fingerprint density at radius 3 is 1.16 bits per heavy atom. The summed E-state index contributed by atoms with van der Waals surface area (Å²) in [5.74, 6) is -8.58. The Labute approximate surface area is 536 Å². The van der Waals surface area contributed by atoms with Gasteiger partial charge in [0.25, 0.3) is 35.2 Å². The van der Waals surface area contributed by atoms with E-state index in [0.717, 1.165) is 25.0 Å². The Kier molecular flexibility index (Phi) is 26.7. The second-order valence-electron chi connectivity index (χ2n) is 21.6. The molecule has 28 nitrogen and oxygen atoms in total. The van der Waals surface area contributed by atoms with E-state index in [9.17, 15) is 79.2 Å². The fourth-order valence-electron chi connectivity index (χ4n) is 10.1. The van der Waals surface area contributed by atoms with Crippen LogP contribution in [0.1, 0.15) is 81.0 Å². The number of thioether (sulfide) groups is 2. The van der Waals surface area contributed by atoms with Crippen molar-refractivity contribution in [3.63, 3.8) is 0 Å². The van der Waals surface area contributed by atoms with Gasteiger partial charge < -0.3 is 101 Å². The normalized spacial score (nSPS) is 22.6. The van der Waals surface area contributed by atoms with E-state index < -0.39 is 146 Å². The lowest BCUT2D eigenvalue weighted by Crippen LogP contribution is -2.68. The Morgan fingerprint density at radius 1 is 0.511 bits per heavy atom. The van der Waals surface area contributed by atoms with Gasteiger partial charge in [-0.05, 0) is 97.1 Å². The molecule has 2 aliphatic rings. The molecule has 7 rings (SSSR count). The summed E-state index contributed by atoms with van der Waals surface area (Å²) in [6, 6.07) is 22.9. The number of aliphatic hydroxyl groups is 6. The first kappa shape index (κ1) is 71.7.